The molecule has 176 valence electrons. The van der Waals surface area contributed by atoms with E-state index in [0.29, 0.717) is 22.8 Å². The van der Waals surface area contributed by atoms with Gasteiger partial charge in [0.05, 0.1) is 5.56 Å². The first-order valence-electron chi connectivity index (χ1n) is 12.1. The average Bonchev–Trinajstić information content (AvgIpc) is 2.85. The number of carbonyl (C=O) groups excluding carboxylic acids is 2. The van der Waals surface area contributed by atoms with Gasteiger partial charge in [0.25, 0.3) is 5.91 Å². The van der Waals surface area contributed by atoms with Crippen LogP contribution in [0.15, 0.2) is 42.7 Å². The van der Waals surface area contributed by atoms with Crippen molar-refractivity contribution < 1.29 is 9.59 Å². The van der Waals surface area contributed by atoms with E-state index < -0.39 is 0 Å². The molecular weight excluding hydrogens is 436 g/mol. The van der Waals surface area contributed by atoms with Gasteiger partial charge in [-0.25, -0.2) is 0 Å². The zero-order valence-electron chi connectivity index (χ0n) is 19.0. The van der Waals surface area contributed by atoms with Crippen molar-refractivity contribution in [1.82, 2.24) is 9.88 Å². The Balaban J connectivity index is 1.56. The van der Waals surface area contributed by atoms with Gasteiger partial charge in [0, 0.05) is 47.7 Å². The standard InChI is InChI=1S/C26H33ClN4O2/c27-22-13-12-21(30-25(32)19-9-6-14-29-16-19)15-20(22)17-31(24-11-5-4-10-23(24)28)26(33)18-7-2-1-3-8-18/h6,9,12-16,18,23-24H,1-5,7-8,10-11,17,28H2,(H,30,32). The van der Waals surface area contributed by atoms with Gasteiger partial charge >= 0.3 is 0 Å². The van der Waals surface area contributed by atoms with Gasteiger partial charge in [-0.05, 0) is 61.6 Å². The Kier molecular flexibility index (Phi) is 7.99. The van der Waals surface area contributed by atoms with Crippen molar-refractivity contribution in [2.75, 3.05) is 5.32 Å². The SMILES string of the molecule is NC1CCCCC1N(Cc1cc(NC(=O)c2cccnc2)ccc1Cl)C(=O)C1CCCCC1. The molecule has 2 atom stereocenters. The van der Waals surface area contributed by atoms with Crippen molar-refractivity contribution >= 4 is 29.1 Å². The third-order valence-corrected chi connectivity index (χ3v) is 7.36. The quantitative estimate of drug-likeness (QED) is 0.612. The fraction of sp³-hybridized carbons (Fsp3) is 0.500. The Bertz CT molecular complexity index is 962. The summed E-state index contributed by atoms with van der Waals surface area (Å²) >= 11 is 6.57. The number of benzene rings is 1. The lowest BCUT2D eigenvalue weighted by Crippen LogP contribution is -2.53. The molecule has 6 nitrogen and oxygen atoms in total. The van der Waals surface area contributed by atoms with E-state index in [-0.39, 0.29) is 29.8 Å². The van der Waals surface area contributed by atoms with Crippen molar-refractivity contribution in [3.05, 3.63) is 58.9 Å². The molecule has 2 fully saturated rings. The van der Waals surface area contributed by atoms with Gasteiger partial charge in [-0.2, -0.15) is 0 Å². The highest BCUT2D eigenvalue weighted by molar-refractivity contribution is 6.31. The molecule has 2 saturated carbocycles. The predicted molar refractivity (Wildman–Crippen MR) is 131 cm³/mol. The van der Waals surface area contributed by atoms with Crippen LogP contribution in [0.1, 0.15) is 73.7 Å². The Hall–Kier alpha value is -2.44. The van der Waals surface area contributed by atoms with Crippen molar-refractivity contribution in [2.45, 2.75) is 76.4 Å². The number of nitrogens with two attached hydrogens (primary N) is 1. The molecule has 33 heavy (non-hydrogen) atoms. The van der Waals surface area contributed by atoms with E-state index in [4.69, 9.17) is 17.3 Å². The summed E-state index contributed by atoms with van der Waals surface area (Å²) in [5, 5.41) is 3.50. The topological polar surface area (TPSA) is 88.3 Å². The van der Waals surface area contributed by atoms with Crippen LogP contribution < -0.4 is 11.1 Å². The van der Waals surface area contributed by atoms with Crippen LogP contribution >= 0.6 is 11.6 Å². The number of hydrogen-bond acceptors (Lipinski definition) is 4. The number of anilines is 1. The highest BCUT2D eigenvalue weighted by atomic mass is 35.5. The number of aromatic nitrogens is 1. The van der Waals surface area contributed by atoms with Gasteiger partial charge < -0.3 is 16.0 Å². The molecule has 3 N–H and O–H groups in total. The second kappa shape index (κ2) is 11.1. The molecule has 2 aliphatic rings. The van der Waals surface area contributed by atoms with Crippen LogP contribution in [-0.4, -0.2) is 33.8 Å². The number of amides is 2. The second-order valence-corrected chi connectivity index (χ2v) is 9.73. The smallest absolute Gasteiger partial charge is 0.257 e. The highest BCUT2D eigenvalue weighted by Crippen LogP contribution is 2.32. The monoisotopic (exact) mass is 468 g/mol. The summed E-state index contributed by atoms with van der Waals surface area (Å²) in [6, 6.07) is 8.88. The van der Waals surface area contributed by atoms with Gasteiger partial charge in [0.1, 0.15) is 0 Å². The maximum atomic E-state index is 13.7. The summed E-state index contributed by atoms with van der Waals surface area (Å²) in [6.45, 7) is 0.406. The van der Waals surface area contributed by atoms with Crippen LogP contribution in [0, 0.1) is 5.92 Å². The van der Waals surface area contributed by atoms with Gasteiger partial charge in [-0.3, -0.25) is 14.6 Å². The van der Waals surface area contributed by atoms with E-state index in [0.717, 1.165) is 56.9 Å². The van der Waals surface area contributed by atoms with Gasteiger partial charge in [0.2, 0.25) is 5.91 Å². The number of halogens is 1. The van der Waals surface area contributed by atoms with Crippen LogP contribution in [0.2, 0.25) is 5.02 Å². The van der Waals surface area contributed by atoms with E-state index in [1.165, 1.54) is 12.6 Å². The maximum Gasteiger partial charge on any atom is 0.257 e. The fourth-order valence-electron chi connectivity index (χ4n) is 5.13. The predicted octanol–water partition coefficient (Wildman–Crippen LogP) is 5.17. The number of hydrogen-bond donors (Lipinski definition) is 2. The summed E-state index contributed by atoms with van der Waals surface area (Å²) in [4.78, 5) is 32.2. The summed E-state index contributed by atoms with van der Waals surface area (Å²) in [5.74, 6) is 0.0406. The lowest BCUT2D eigenvalue weighted by molar-refractivity contribution is -0.141. The van der Waals surface area contributed by atoms with E-state index in [9.17, 15) is 9.59 Å². The van der Waals surface area contributed by atoms with Crippen LogP contribution in [0.4, 0.5) is 5.69 Å². The van der Waals surface area contributed by atoms with E-state index in [1.54, 1.807) is 30.5 Å². The molecule has 0 bridgehead atoms. The third kappa shape index (κ3) is 5.92. The summed E-state index contributed by atoms with van der Waals surface area (Å²) < 4.78 is 0. The number of rotatable bonds is 6. The molecule has 2 amide bonds. The molecule has 2 aliphatic carbocycles. The van der Waals surface area contributed by atoms with Crippen LogP contribution in [0.3, 0.4) is 0 Å². The Morgan fingerprint density at radius 2 is 1.82 bits per heavy atom. The van der Waals surface area contributed by atoms with Crippen LogP contribution in [0.5, 0.6) is 0 Å². The number of carbonyl (C=O) groups is 2. The maximum absolute atomic E-state index is 13.7. The zero-order valence-corrected chi connectivity index (χ0v) is 19.8. The molecular formula is C26H33ClN4O2. The largest absolute Gasteiger partial charge is 0.334 e. The molecule has 1 heterocycles. The van der Waals surface area contributed by atoms with Crippen LogP contribution in [-0.2, 0) is 11.3 Å². The molecule has 2 unspecified atom stereocenters. The summed E-state index contributed by atoms with van der Waals surface area (Å²) in [5.41, 5.74) is 8.45. The minimum atomic E-state index is -0.235. The molecule has 7 heteroatoms. The van der Waals surface area contributed by atoms with Crippen LogP contribution in [0.25, 0.3) is 0 Å². The highest BCUT2D eigenvalue weighted by Gasteiger charge is 2.35. The molecule has 0 radical (unpaired) electrons. The zero-order chi connectivity index (χ0) is 23.2. The first kappa shape index (κ1) is 23.7. The van der Waals surface area contributed by atoms with E-state index >= 15 is 0 Å². The molecule has 0 spiro atoms. The number of nitrogens with zero attached hydrogens (tertiary/aromatic N) is 2. The van der Waals surface area contributed by atoms with Crippen molar-refractivity contribution in [1.29, 1.82) is 0 Å². The van der Waals surface area contributed by atoms with Gasteiger partial charge in [-0.1, -0.05) is 43.7 Å². The van der Waals surface area contributed by atoms with Crippen molar-refractivity contribution in [3.63, 3.8) is 0 Å². The molecule has 4 rings (SSSR count). The van der Waals surface area contributed by atoms with Gasteiger partial charge in [-0.15, -0.1) is 0 Å². The Morgan fingerprint density at radius 3 is 2.55 bits per heavy atom. The molecule has 0 aliphatic heterocycles. The molecule has 1 aromatic heterocycles. The number of pyridine rings is 1. The Morgan fingerprint density at radius 1 is 1.06 bits per heavy atom. The third-order valence-electron chi connectivity index (χ3n) is 6.99. The van der Waals surface area contributed by atoms with Crippen molar-refractivity contribution in [3.8, 4) is 0 Å². The second-order valence-electron chi connectivity index (χ2n) is 9.32. The van der Waals surface area contributed by atoms with Gasteiger partial charge in [0.15, 0.2) is 0 Å². The average molecular weight is 469 g/mol. The first-order valence-corrected chi connectivity index (χ1v) is 12.5. The molecule has 1 aromatic carbocycles. The lowest BCUT2D eigenvalue weighted by Gasteiger charge is -2.41. The normalized spacial score (nSPS) is 21.4. The van der Waals surface area contributed by atoms with E-state index in [1.807, 2.05) is 11.0 Å². The Labute approximate surface area is 200 Å². The molecule has 2 aromatic rings. The summed E-state index contributed by atoms with van der Waals surface area (Å²) in [6.07, 6.45) is 12.5. The number of nitrogens with one attached hydrogen (secondary N) is 1. The lowest BCUT2D eigenvalue weighted by atomic mass is 9.85. The fourth-order valence-corrected chi connectivity index (χ4v) is 5.30. The van der Waals surface area contributed by atoms with E-state index in [2.05, 4.69) is 10.3 Å². The first-order chi connectivity index (χ1) is 16.0. The minimum Gasteiger partial charge on any atom is -0.334 e. The molecule has 0 saturated heterocycles. The van der Waals surface area contributed by atoms with Crippen molar-refractivity contribution in [2.24, 2.45) is 11.7 Å². The minimum absolute atomic E-state index is 0.0152. The summed E-state index contributed by atoms with van der Waals surface area (Å²) in [7, 11) is 0.